The monoisotopic (exact) mass is 303 g/mol. The zero-order chi connectivity index (χ0) is 14.8. The first-order chi connectivity index (χ1) is 10.2. The summed E-state index contributed by atoms with van der Waals surface area (Å²) in [5.41, 5.74) is 7.19. The van der Waals surface area contributed by atoms with Crippen molar-refractivity contribution in [3.8, 4) is 5.75 Å². The largest absolute Gasteiger partial charge is 0.496 e. The number of nitrogen functional groups attached to an aromatic ring is 1. The standard InChI is InChI=1S/C14H13N3O3S/c1-19-9-3-2-4-10-11(9)12(15)13(21-10)14(18)16-7-8-5-6-20-17-8/h2-6H,7,15H2,1H3,(H,16,18). The molecule has 0 aliphatic heterocycles. The molecule has 21 heavy (non-hydrogen) atoms. The molecule has 3 rings (SSSR count). The number of aromatic nitrogens is 1. The molecule has 0 spiro atoms. The number of hydrogen-bond donors (Lipinski definition) is 2. The second kappa shape index (κ2) is 5.45. The predicted octanol–water partition coefficient (Wildman–Crippen LogP) is 2.41. The summed E-state index contributed by atoms with van der Waals surface area (Å²) in [4.78, 5) is 12.7. The molecule has 0 atom stereocenters. The Labute approximate surface area is 124 Å². The maximum absolute atomic E-state index is 12.3. The van der Waals surface area contributed by atoms with Crippen LogP contribution >= 0.6 is 11.3 Å². The van der Waals surface area contributed by atoms with Crippen molar-refractivity contribution < 1.29 is 14.1 Å². The molecule has 0 saturated heterocycles. The van der Waals surface area contributed by atoms with Crippen LogP contribution in [-0.4, -0.2) is 18.2 Å². The lowest BCUT2D eigenvalue weighted by molar-refractivity contribution is 0.0955. The summed E-state index contributed by atoms with van der Waals surface area (Å²) in [7, 11) is 1.58. The van der Waals surface area contributed by atoms with E-state index in [-0.39, 0.29) is 5.91 Å². The molecule has 0 bridgehead atoms. The number of benzene rings is 1. The van der Waals surface area contributed by atoms with E-state index in [1.54, 1.807) is 13.2 Å². The van der Waals surface area contributed by atoms with Crippen molar-refractivity contribution in [1.29, 1.82) is 0 Å². The van der Waals surface area contributed by atoms with Crippen molar-refractivity contribution >= 4 is 33.0 Å². The number of nitrogens with zero attached hydrogens (tertiary/aromatic N) is 1. The minimum Gasteiger partial charge on any atom is -0.496 e. The van der Waals surface area contributed by atoms with Crippen LogP contribution < -0.4 is 15.8 Å². The van der Waals surface area contributed by atoms with Gasteiger partial charge in [-0.1, -0.05) is 11.2 Å². The lowest BCUT2D eigenvalue weighted by atomic mass is 10.2. The van der Waals surface area contributed by atoms with Gasteiger partial charge in [-0.25, -0.2) is 0 Å². The number of hydrogen-bond acceptors (Lipinski definition) is 6. The first-order valence-corrected chi connectivity index (χ1v) is 7.04. The molecular weight excluding hydrogens is 290 g/mol. The van der Waals surface area contributed by atoms with Gasteiger partial charge >= 0.3 is 0 Å². The lowest BCUT2D eigenvalue weighted by Crippen LogP contribution is -2.22. The molecule has 1 aromatic carbocycles. The molecule has 0 aliphatic rings. The number of thiophene rings is 1. The van der Waals surface area contributed by atoms with Crippen LogP contribution in [0.4, 0.5) is 5.69 Å². The van der Waals surface area contributed by atoms with Crippen LogP contribution in [0.25, 0.3) is 10.1 Å². The number of nitrogens with one attached hydrogen (secondary N) is 1. The number of fused-ring (bicyclic) bond motifs is 1. The van der Waals surface area contributed by atoms with Crippen molar-refractivity contribution in [2.75, 3.05) is 12.8 Å². The Hall–Kier alpha value is -2.54. The number of carbonyl (C=O) groups excluding carboxylic acids is 1. The van der Waals surface area contributed by atoms with Crippen LogP contribution in [0.5, 0.6) is 5.75 Å². The van der Waals surface area contributed by atoms with Gasteiger partial charge in [-0.05, 0) is 12.1 Å². The van der Waals surface area contributed by atoms with Gasteiger partial charge in [0.2, 0.25) is 0 Å². The SMILES string of the molecule is COc1cccc2sc(C(=O)NCc3ccon3)c(N)c12. The second-order valence-corrected chi connectivity index (χ2v) is 5.40. The first kappa shape index (κ1) is 13.4. The van der Waals surface area contributed by atoms with Crippen molar-refractivity contribution in [2.45, 2.75) is 6.54 Å². The number of ether oxygens (including phenoxy) is 1. The maximum atomic E-state index is 12.3. The fourth-order valence-electron chi connectivity index (χ4n) is 2.06. The zero-order valence-electron chi connectivity index (χ0n) is 11.3. The van der Waals surface area contributed by atoms with Crippen molar-refractivity contribution in [2.24, 2.45) is 0 Å². The van der Waals surface area contributed by atoms with Gasteiger partial charge in [0.15, 0.2) is 0 Å². The highest BCUT2D eigenvalue weighted by Crippen LogP contribution is 2.39. The van der Waals surface area contributed by atoms with E-state index in [9.17, 15) is 4.79 Å². The minimum atomic E-state index is -0.237. The van der Waals surface area contributed by atoms with Crippen LogP contribution in [0.15, 0.2) is 35.1 Å². The predicted molar refractivity (Wildman–Crippen MR) is 80.5 cm³/mol. The van der Waals surface area contributed by atoms with E-state index < -0.39 is 0 Å². The highest BCUT2D eigenvalue weighted by atomic mass is 32.1. The molecule has 0 radical (unpaired) electrons. The van der Waals surface area contributed by atoms with E-state index in [1.165, 1.54) is 17.6 Å². The molecule has 0 fully saturated rings. The number of carbonyl (C=O) groups is 1. The van der Waals surface area contributed by atoms with Gasteiger partial charge < -0.3 is 20.3 Å². The molecule has 0 unspecified atom stereocenters. The normalized spacial score (nSPS) is 10.7. The van der Waals surface area contributed by atoms with Gasteiger partial charge in [0, 0.05) is 10.8 Å². The second-order valence-electron chi connectivity index (χ2n) is 4.35. The molecule has 3 N–H and O–H groups in total. The first-order valence-electron chi connectivity index (χ1n) is 6.23. The fraction of sp³-hybridized carbons (Fsp3) is 0.143. The topological polar surface area (TPSA) is 90.4 Å². The molecule has 7 heteroatoms. The van der Waals surface area contributed by atoms with Gasteiger partial charge in [-0.3, -0.25) is 4.79 Å². The quantitative estimate of drug-likeness (QED) is 0.772. The molecular formula is C14H13N3O3S. The average Bonchev–Trinajstić information content (AvgIpc) is 3.13. The highest BCUT2D eigenvalue weighted by molar-refractivity contribution is 7.21. The van der Waals surface area contributed by atoms with E-state index in [4.69, 9.17) is 15.0 Å². The van der Waals surface area contributed by atoms with Gasteiger partial charge in [0.05, 0.1) is 24.7 Å². The summed E-state index contributed by atoms with van der Waals surface area (Å²) in [5, 5.41) is 7.28. The Morgan fingerprint density at radius 1 is 1.48 bits per heavy atom. The Morgan fingerprint density at radius 3 is 3.05 bits per heavy atom. The Kier molecular flexibility index (Phi) is 3.49. The number of amides is 1. The molecule has 2 aromatic heterocycles. The van der Waals surface area contributed by atoms with Gasteiger partial charge in [-0.15, -0.1) is 11.3 Å². The minimum absolute atomic E-state index is 0.237. The van der Waals surface area contributed by atoms with Crippen LogP contribution in [0.2, 0.25) is 0 Å². The molecule has 1 amide bonds. The van der Waals surface area contributed by atoms with E-state index in [0.29, 0.717) is 28.6 Å². The maximum Gasteiger partial charge on any atom is 0.263 e. The molecule has 108 valence electrons. The number of methoxy groups -OCH3 is 1. The molecule has 0 saturated carbocycles. The van der Waals surface area contributed by atoms with E-state index in [2.05, 4.69) is 10.5 Å². The highest BCUT2D eigenvalue weighted by Gasteiger charge is 2.18. The Balaban J connectivity index is 1.89. The summed E-state index contributed by atoms with van der Waals surface area (Å²) in [6.45, 7) is 0.292. The third kappa shape index (κ3) is 2.43. The summed E-state index contributed by atoms with van der Waals surface area (Å²) in [6.07, 6.45) is 1.46. The van der Waals surface area contributed by atoms with Crippen LogP contribution in [-0.2, 0) is 6.54 Å². The molecule has 6 nitrogen and oxygen atoms in total. The van der Waals surface area contributed by atoms with Gasteiger partial charge in [0.1, 0.15) is 22.6 Å². The summed E-state index contributed by atoms with van der Waals surface area (Å²) in [5.74, 6) is 0.426. The third-order valence-corrected chi connectivity index (χ3v) is 4.23. The van der Waals surface area contributed by atoms with Gasteiger partial charge in [-0.2, -0.15) is 0 Å². The molecule has 2 heterocycles. The smallest absolute Gasteiger partial charge is 0.263 e. The van der Waals surface area contributed by atoms with E-state index in [0.717, 1.165) is 10.1 Å². The summed E-state index contributed by atoms with van der Waals surface area (Å²) in [6, 6.07) is 7.29. The number of nitrogens with two attached hydrogens (primary N) is 1. The number of rotatable bonds is 4. The summed E-state index contributed by atoms with van der Waals surface area (Å²) < 4.78 is 10.9. The number of anilines is 1. The van der Waals surface area contributed by atoms with Gasteiger partial charge in [0.25, 0.3) is 5.91 Å². The van der Waals surface area contributed by atoms with E-state index in [1.807, 2.05) is 18.2 Å². The fourth-order valence-corrected chi connectivity index (χ4v) is 3.11. The Bertz CT molecular complexity index is 780. The van der Waals surface area contributed by atoms with Crippen LogP contribution in [0.3, 0.4) is 0 Å². The molecule has 3 aromatic rings. The van der Waals surface area contributed by atoms with Crippen molar-refractivity contribution in [3.05, 3.63) is 41.1 Å². The summed E-state index contributed by atoms with van der Waals surface area (Å²) >= 11 is 1.34. The van der Waals surface area contributed by atoms with Crippen LogP contribution in [0.1, 0.15) is 15.4 Å². The van der Waals surface area contributed by atoms with E-state index >= 15 is 0 Å². The third-order valence-electron chi connectivity index (χ3n) is 3.06. The van der Waals surface area contributed by atoms with Crippen molar-refractivity contribution in [3.63, 3.8) is 0 Å². The average molecular weight is 303 g/mol. The zero-order valence-corrected chi connectivity index (χ0v) is 12.1. The lowest BCUT2D eigenvalue weighted by Gasteiger charge is -2.03. The molecule has 0 aliphatic carbocycles. The Morgan fingerprint density at radius 2 is 2.33 bits per heavy atom. The van der Waals surface area contributed by atoms with Crippen LogP contribution in [0, 0.1) is 0 Å². The van der Waals surface area contributed by atoms with Crippen molar-refractivity contribution in [1.82, 2.24) is 10.5 Å².